The molecule has 0 aromatic carbocycles. The van der Waals surface area contributed by atoms with E-state index in [2.05, 4.69) is 4.74 Å². The smallest absolute Gasteiger partial charge is 0.317 e. The zero-order valence-corrected chi connectivity index (χ0v) is 6.80. The number of fused-ring (bicyclic) bond motifs is 8. The van der Waals surface area contributed by atoms with Crippen LogP contribution in [0.5, 0.6) is 0 Å². The quantitative estimate of drug-likeness (QED) is 0.292. The van der Waals surface area contributed by atoms with Crippen molar-refractivity contribution < 1.29 is 19.1 Å². The summed E-state index contributed by atoms with van der Waals surface area (Å²) in [5.41, 5.74) is 0. The van der Waals surface area contributed by atoms with Crippen LogP contribution >= 0.6 is 0 Å². The van der Waals surface area contributed by atoms with Crippen LogP contribution < -0.4 is 0 Å². The van der Waals surface area contributed by atoms with Gasteiger partial charge in [-0.05, 0) is 6.42 Å². The van der Waals surface area contributed by atoms with Crippen molar-refractivity contribution in [3.8, 4) is 0 Å². The van der Waals surface area contributed by atoms with E-state index in [1.54, 1.807) is 0 Å². The minimum atomic E-state index is -0.309. The van der Waals surface area contributed by atoms with Gasteiger partial charge in [0.1, 0.15) is 0 Å². The molecule has 4 nitrogen and oxygen atoms in total. The third-order valence-electron chi connectivity index (χ3n) is 4.00. The van der Waals surface area contributed by atoms with Crippen LogP contribution in [0.25, 0.3) is 0 Å². The highest BCUT2D eigenvalue weighted by molar-refractivity contribution is 5.97. The van der Waals surface area contributed by atoms with Crippen LogP contribution in [0.15, 0.2) is 0 Å². The van der Waals surface area contributed by atoms with Gasteiger partial charge in [-0.3, -0.25) is 9.59 Å². The molecule has 2 bridgehead atoms. The van der Waals surface area contributed by atoms with Crippen molar-refractivity contribution >= 4 is 11.9 Å². The Hall–Kier alpha value is -0.900. The highest BCUT2D eigenvalue weighted by Crippen LogP contribution is 2.63. The number of carbonyl (C=O) groups is 2. The summed E-state index contributed by atoms with van der Waals surface area (Å²) >= 11 is 0. The van der Waals surface area contributed by atoms with Gasteiger partial charge in [0.15, 0.2) is 0 Å². The number of esters is 2. The molecule has 0 radical (unpaired) electrons. The molecule has 4 aliphatic rings. The van der Waals surface area contributed by atoms with Crippen LogP contribution in [0, 0.1) is 23.7 Å². The Morgan fingerprint density at radius 3 is 2.08 bits per heavy atom. The van der Waals surface area contributed by atoms with Crippen LogP contribution in [-0.2, 0) is 19.1 Å². The summed E-state index contributed by atoms with van der Waals surface area (Å²) in [5, 5.41) is 0. The minimum absolute atomic E-state index is 0.166. The molecule has 0 amide bonds. The van der Waals surface area contributed by atoms with Gasteiger partial charge in [-0.25, -0.2) is 0 Å². The van der Waals surface area contributed by atoms with Crippen molar-refractivity contribution in [2.24, 2.45) is 23.7 Å². The number of ether oxygens (including phenoxy) is 2. The lowest BCUT2D eigenvalue weighted by atomic mass is 9.81. The molecule has 2 aliphatic heterocycles. The summed E-state index contributed by atoms with van der Waals surface area (Å²) in [6.07, 6.45) is 1.53. The zero-order chi connectivity index (χ0) is 8.74. The second-order valence-electron chi connectivity index (χ2n) is 4.42. The molecule has 2 saturated heterocycles. The first-order valence-electron chi connectivity index (χ1n) is 4.68. The average Bonchev–Trinajstić information content (AvgIpc) is 2.58. The molecule has 2 saturated carbocycles. The van der Waals surface area contributed by atoms with Crippen LogP contribution in [0.4, 0.5) is 0 Å². The normalized spacial score (nSPS) is 60.6. The molecule has 0 aromatic heterocycles. The maximum absolute atomic E-state index is 11.3. The lowest BCUT2D eigenvalue weighted by Crippen LogP contribution is -2.29. The standard InChI is InChI=1S/C9H8O4/c10-8-4-2-1-3(7-6(2)12-7)5(4)9(11)13-8/h2-7H,1H2/t2-,3-,4-,5+,6-,7-/m1/s1. The van der Waals surface area contributed by atoms with Gasteiger partial charge < -0.3 is 9.47 Å². The highest BCUT2D eigenvalue weighted by Gasteiger charge is 2.73. The predicted molar refractivity (Wildman–Crippen MR) is 38.3 cm³/mol. The van der Waals surface area contributed by atoms with Crippen molar-refractivity contribution in [3.63, 3.8) is 0 Å². The lowest BCUT2D eigenvalue weighted by molar-refractivity contribution is -0.155. The molecule has 4 rings (SSSR count). The van der Waals surface area contributed by atoms with Crippen LogP contribution in [0.2, 0.25) is 0 Å². The average molecular weight is 180 g/mol. The Kier molecular flexibility index (Phi) is 0.836. The van der Waals surface area contributed by atoms with E-state index in [4.69, 9.17) is 4.74 Å². The van der Waals surface area contributed by atoms with Gasteiger partial charge >= 0.3 is 11.9 Å². The Morgan fingerprint density at radius 2 is 1.54 bits per heavy atom. The SMILES string of the molecule is O=C1OC(=O)[C@H]2[C@H]3C[C@@H]([C@H]4O[C@H]34)[C@@H]12. The second-order valence-corrected chi connectivity index (χ2v) is 4.42. The zero-order valence-electron chi connectivity index (χ0n) is 6.80. The van der Waals surface area contributed by atoms with E-state index in [1.165, 1.54) is 0 Å². The monoisotopic (exact) mass is 180 g/mol. The van der Waals surface area contributed by atoms with E-state index in [-0.39, 0.29) is 47.8 Å². The molecule has 0 spiro atoms. The van der Waals surface area contributed by atoms with Gasteiger partial charge in [-0.1, -0.05) is 0 Å². The first kappa shape index (κ1) is 6.54. The van der Waals surface area contributed by atoms with E-state index in [9.17, 15) is 9.59 Å². The molecular weight excluding hydrogens is 172 g/mol. The fourth-order valence-corrected chi connectivity index (χ4v) is 3.52. The van der Waals surface area contributed by atoms with Gasteiger partial charge in [-0.2, -0.15) is 0 Å². The maximum Gasteiger partial charge on any atom is 0.317 e. The summed E-state index contributed by atoms with van der Waals surface area (Å²) in [5.74, 6) is -0.395. The van der Waals surface area contributed by atoms with Gasteiger partial charge in [0.05, 0.1) is 24.0 Å². The number of carbonyl (C=O) groups excluding carboxylic acids is 2. The van der Waals surface area contributed by atoms with Gasteiger partial charge in [0.2, 0.25) is 0 Å². The van der Waals surface area contributed by atoms with E-state index in [1.807, 2.05) is 0 Å². The third-order valence-corrected chi connectivity index (χ3v) is 4.00. The number of cyclic esters (lactones) is 2. The van der Waals surface area contributed by atoms with Crippen molar-refractivity contribution in [2.45, 2.75) is 18.6 Å². The molecule has 68 valence electrons. The Balaban J connectivity index is 1.84. The van der Waals surface area contributed by atoms with E-state index in [0.717, 1.165) is 6.42 Å². The van der Waals surface area contributed by atoms with Gasteiger partial charge in [0.25, 0.3) is 0 Å². The first-order chi connectivity index (χ1) is 6.27. The summed E-state index contributed by atoms with van der Waals surface area (Å²) in [6, 6.07) is 0. The number of hydrogen-bond donors (Lipinski definition) is 0. The summed E-state index contributed by atoms with van der Waals surface area (Å²) in [6.45, 7) is 0. The maximum atomic E-state index is 11.3. The van der Waals surface area contributed by atoms with E-state index >= 15 is 0 Å². The highest BCUT2D eigenvalue weighted by atomic mass is 16.6. The minimum Gasteiger partial charge on any atom is -0.393 e. The van der Waals surface area contributed by atoms with E-state index < -0.39 is 0 Å². The molecule has 0 unspecified atom stereocenters. The second kappa shape index (κ2) is 1.66. The van der Waals surface area contributed by atoms with E-state index in [0.29, 0.717) is 0 Å². The Labute approximate surface area is 74.2 Å². The van der Waals surface area contributed by atoms with Crippen molar-refractivity contribution in [2.75, 3.05) is 0 Å². The Bertz CT molecular complexity index is 307. The van der Waals surface area contributed by atoms with Gasteiger partial charge in [0, 0.05) is 11.8 Å². The molecule has 13 heavy (non-hydrogen) atoms. The van der Waals surface area contributed by atoms with Crippen molar-refractivity contribution in [1.29, 1.82) is 0 Å². The predicted octanol–water partition coefficient (Wildman–Crippen LogP) is -0.281. The summed E-state index contributed by atoms with van der Waals surface area (Å²) < 4.78 is 10.1. The number of rotatable bonds is 0. The lowest BCUT2D eigenvalue weighted by Gasteiger charge is -2.14. The van der Waals surface area contributed by atoms with Crippen LogP contribution in [0.1, 0.15) is 6.42 Å². The molecule has 2 aliphatic carbocycles. The first-order valence-corrected chi connectivity index (χ1v) is 4.68. The number of epoxide rings is 1. The third kappa shape index (κ3) is 0.544. The van der Waals surface area contributed by atoms with Gasteiger partial charge in [-0.15, -0.1) is 0 Å². The number of hydrogen-bond acceptors (Lipinski definition) is 4. The molecule has 2 heterocycles. The fourth-order valence-electron chi connectivity index (χ4n) is 3.52. The molecule has 6 atom stereocenters. The molecular formula is C9H8O4. The summed E-state index contributed by atoms with van der Waals surface area (Å²) in [4.78, 5) is 22.6. The topological polar surface area (TPSA) is 55.9 Å². The van der Waals surface area contributed by atoms with Crippen molar-refractivity contribution in [1.82, 2.24) is 0 Å². The van der Waals surface area contributed by atoms with Crippen LogP contribution in [0.3, 0.4) is 0 Å². The van der Waals surface area contributed by atoms with Crippen LogP contribution in [-0.4, -0.2) is 24.1 Å². The molecule has 4 fully saturated rings. The molecule has 0 aromatic rings. The molecule has 4 heteroatoms. The van der Waals surface area contributed by atoms with Crippen molar-refractivity contribution in [3.05, 3.63) is 0 Å². The Morgan fingerprint density at radius 1 is 1.00 bits per heavy atom. The summed E-state index contributed by atoms with van der Waals surface area (Å²) in [7, 11) is 0. The fraction of sp³-hybridized carbons (Fsp3) is 0.778. The molecule has 0 N–H and O–H groups in total. The largest absolute Gasteiger partial charge is 0.393 e.